The van der Waals surface area contributed by atoms with E-state index in [4.69, 9.17) is 5.14 Å². The standard InChI is InChI=1S/C12H18FN3O2S2/c13-11-9-10(20(14,17)18)1-2-12(11)15-3-4-16-5-7-19-8-6-16/h1-2,9,15H,3-8H2,(H2,14,17,18). The summed E-state index contributed by atoms with van der Waals surface area (Å²) in [6, 6.07) is 3.65. The van der Waals surface area contributed by atoms with Crippen LogP contribution >= 0.6 is 11.8 Å². The Labute approximate surface area is 122 Å². The lowest BCUT2D eigenvalue weighted by atomic mass is 10.3. The van der Waals surface area contributed by atoms with Crippen LogP contribution in [0.2, 0.25) is 0 Å². The fourth-order valence-corrected chi connectivity index (χ4v) is 3.49. The van der Waals surface area contributed by atoms with Crippen LogP contribution in [0.1, 0.15) is 0 Å². The van der Waals surface area contributed by atoms with Crippen LogP contribution in [0.3, 0.4) is 0 Å². The number of anilines is 1. The lowest BCUT2D eigenvalue weighted by molar-refractivity contribution is 0.314. The Bertz CT molecular complexity index is 560. The number of sulfonamides is 1. The van der Waals surface area contributed by atoms with Crippen LogP contribution in [-0.2, 0) is 10.0 Å². The van der Waals surface area contributed by atoms with Gasteiger partial charge in [-0.15, -0.1) is 0 Å². The van der Waals surface area contributed by atoms with E-state index in [2.05, 4.69) is 10.2 Å². The molecule has 1 aromatic carbocycles. The Hall–Kier alpha value is -0.830. The van der Waals surface area contributed by atoms with Gasteiger partial charge in [0.25, 0.3) is 0 Å². The molecule has 2 rings (SSSR count). The maximum absolute atomic E-state index is 13.7. The molecule has 5 nitrogen and oxygen atoms in total. The first kappa shape index (κ1) is 15.6. The van der Waals surface area contributed by atoms with Crippen molar-refractivity contribution in [1.29, 1.82) is 0 Å². The number of nitrogens with one attached hydrogen (secondary N) is 1. The van der Waals surface area contributed by atoms with Gasteiger partial charge in [0.2, 0.25) is 10.0 Å². The minimum atomic E-state index is -3.86. The van der Waals surface area contributed by atoms with Gasteiger partial charge in [-0.05, 0) is 18.2 Å². The molecule has 20 heavy (non-hydrogen) atoms. The summed E-state index contributed by atoms with van der Waals surface area (Å²) in [7, 11) is -3.86. The summed E-state index contributed by atoms with van der Waals surface area (Å²) < 4.78 is 35.9. The van der Waals surface area contributed by atoms with Gasteiger partial charge >= 0.3 is 0 Å². The molecule has 1 fully saturated rings. The molecule has 1 aliphatic heterocycles. The van der Waals surface area contributed by atoms with Crippen molar-refractivity contribution in [3.63, 3.8) is 0 Å². The predicted molar refractivity (Wildman–Crippen MR) is 80.0 cm³/mol. The average molecular weight is 319 g/mol. The number of rotatable bonds is 5. The Morgan fingerprint density at radius 1 is 1.35 bits per heavy atom. The molecule has 0 aromatic heterocycles. The summed E-state index contributed by atoms with van der Waals surface area (Å²) in [6.07, 6.45) is 0. The molecule has 1 saturated heterocycles. The van der Waals surface area contributed by atoms with Crippen molar-refractivity contribution in [1.82, 2.24) is 4.90 Å². The van der Waals surface area contributed by atoms with Gasteiger partial charge in [0.1, 0.15) is 5.82 Å². The van der Waals surface area contributed by atoms with Crippen LogP contribution in [0.15, 0.2) is 23.1 Å². The minimum Gasteiger partial charge on any atom is -0.381 e. The summed E-state index contributed by atoms with van der Waals surface area (Å²) in [6.45, 7) is 3.58. The van der Waals surface area contributed by atoms with E-state index >= 15 is 0 Å². The van der Waals surface area contributed by atoms with Crippen LogP contribution in [0, 0.1) is 5.82 Å². The van der Waals surface area contributed by atoms with Crippen LogP contribution < -0.4 is 10.5 Å². The number of halogens is 1. The first-order valence-electron chi connectivity index (χ1n) is 6.33. The molecule has 1 heterocycles. The smallest absolute Gasteiger partial charge is 0.238 e. The van der Waals surface area contributed by atoms with Gasteiger partial charge in [-0.3, -0.25) is 4.90 Å². The molecule has 3 N–H and O–H groups in total. The molecule has 0 aliphatic carbocycles. The monoisotopic (exact) mass is 319 g/mol. The van der Waals surface area contributed by atoms with Gasteiger partial charge in [0.15, 0.2) is 0 Å². The lowest BCUT2D eigenvalue weighted by Crippen LogP contribution is -2.36. The number of nitrogens with zero attached hydrogens (tertiary/aromatic N) is 1. The molecular formula is C12H18FN3O2S2. The van der Waals surface area contributed by atoms with E-state index in [1.54, 1.807) is 0 Å². The van der Waals surface area contributed by atoms with Gasteiger partial charge < -0.3 is 5.32 Å². The van der Waals surface area contributed by atoms with Gasteiger partial charge in [0.05, 0.1) is 10.6 Å². The summed E-state index contributed by atoms with van der Waals surface area (Å²) in [5.41, 5.74) is 0.295. The average Bonchev–Trinajstić information content (AvgIpc) is 2.40. The van der Waals surface area contributed by atoms with Gasteiger partial charge in [-0.25, -0.2) is 17.9 Å². The SMILES string of the molecule is NS(=O)(=O)c1ccc(NCCN2CCSCC2)c(F)c1. The molecule has 0 atom stereocenters. The van der Waals surface area contributed by atoms with Crippen molar-refractivity contribution >= 4 is 27.5 Å². The van der Waals surface area contributed by atoms with E-state index in [1.807, 2.05) is 11.8 Å². The highest BCUT2D eigenvalue weighted by Crippen LogP contribution is 2.18. The fraction of sp³-hybridized carbons (Fsp3) is 0.500. The highest BCUT2D eigenvalue weighted by atomic mass is 32.2. The van der Waals surface area contributed by atoms with Crippen molar-refractivity contribution < 1.29 is 12.8 Å². The first-order chi connectivity index (χ1) is 9.47. The summed E-state index contributed by atoms with van der Waals surface area (Å²) in [5, 5.41) is 7.93. The Morgan fingerprint density at radius 3 is 2.65 bits per heavy atom. The minimum absolute atomic E-state index is 0.214. The quantitative estimate of drug-likeness (QED) is 0.844. The summed E-state index contributed by atoms with van der Waals surface area (Å²) in [5.74, 6) is 1.67. The van der Waals surface area contributed by atoms with Crippen LogP contribution in [0.5, 0.6) is 0 Å². The predicted octanol–water partition coefficient (Wildman–Crippen LogP) is 0.934. The normalized spacial score (nSPS) is 17.1. The topological polar surface area (TPSA) is 75.4 Å². The number of benzene rings is 1. The molecule has 8 heteroatoms. The van der Waals surface area contributed by atoms with Crippen molar-refractivity contribution in [3.8, 4) is 0 Å². The summed E-state index contributed by atoms with van der Waals surface area (Å²) >= 11 is 1.94. The van der Waals surface area contributed by atoms with Crippen molar-refractivity contribution in [2.45, 2.75) is 4.90 Å². The number of nitrogens with two attached hydrogens (primary N) is 1. The molecular weight excluding hydrogens is 301 g/mol. The third-order valence-electron chi connectivity index (χ3n) is 3.12. The largest absolute Gasteiger partial charge is 0.381 e. The zero-order valence-electron chi connectivity index (χ0n) is 11.0. The number of hydrogen-bond donors (Lipinski definition) is 2. The summed E-state index contributed by atoms with van der Waals surface area (Å²) in [4.78, 5) is 2.11. The van der Waals surface area contributed by atoms with Crippen LogP contribution in [0.4, 0.5) is 10.1 Å². The molecule has 1 aliphatic rings. The number of thioether (sulfide) groups is 1. The molecule has 0 bridgehead atoms. The van der Waals surface area contributed by atoms with Crippen LogP contribution in [0.25, 0.3) is 0 Å². The number of primary sulfonamides is 1. The van der Waals surface area contributed by atoms with E-state index < -0.39 is 15.8 Å². The van der Waals surface area contributed by atoms with Gasteiger partial charge in [-0.1, -0.05) is 0 Å². The highest BCUT2D eigenvalue weighted by Gasteiger charge is 2.12. The third kappa shape index (κ3) is 4.34. The molecule has 0 radical (unpaired) electrons. The second-order valence-electron chi connectivity index (χ2n) is 4.57. The van der Waals surface area contributed by atoms with Crippen molar-refractivity contribution in [2.24, 2.45) is 5.14 Å². The van der Waals surface area contributed by atoms with E-state index in [9.17, 15) is 12.8 Å². The second kappa shape index (κ2) is 6.75. The van der Waals surface area contributed by atoms with E-state index in [-0.39, 0.29) is 4.90 Å². The molecule has 112 valence electrons. The van der Waals surface area contributed by atoms with Crippen molar-refractivity contribution in [3.05, 3.63) is 24.0 Å². The van der Waals surface area contributed by atoms with Gasteiger partial charge in [-0.2, -0.15) is 11.8 Å². The fourth-order valence-electron chi connectivity index (χ4n) is 1.99. The third-order valence-corrected chi connectivity index (χ3v) is 4.97. The Balaban J connectivity index is 1.90. The van der Waals surface area contributed by atoms with Crippen LogP contribution in [-0.4, -0.2) is 51.0 Å². The molecule has 0 spiro atoms. The zero-order valence-corrected chi connectivity index (χ0v) is 12.6. The molecule has 0 amide bonds. The molecule has 0 saturated carbocycles. The van der Waals surface area contributed by atoms with E-state index in [0.29, 0.717) is 12.2 Å². The number of hydrogen-bond acceptors (Lipinski definition) is 5. The van der Waals surface area contributed by atoms with Gasteiger partial charge in [0, 0.05) is 37.7 Å². The highest BCUT2D eigenvalue weighted by molar-refractivity contribution is 7.99. The van der Waals surface area contributed by atoms with Crippen molar-refractivity contribution in [2.75, 3.05) is 43.0 Å². The maximum atomic E-state index is 13.7. The molecule has 0 unspecified atom stereocenters. The maximum Gasteiger partial charge on any atom is 0.238 e. The zero-order chi connectivity index (χ0) is 14.6. The first-order valence-corrected chi connectivity index (χ1v) is 9.03. The Kier molecular flexibility index (Phi) is 5.25. The molecule has 1 aromatic rings. The Morgan fingerprint density at radius 2 is 2.05 bits per heavy atom. The van der Waals surface area contributed by atoms with E-state index in [1.165, 1.54) is 12.1 Å². The lowest BCUT2D eigenvalue weighted by Gasteiger charge is -2.26. The van der Waals surface area contributed by atoms with E-state index in [0.717, 1.165) is 37.2 Å². The second-order valence-corrected chi connectivity index (χ2v) is 7.35.